The van der Waals surface area contributed by atoms with Crippen molar-refractivity contribution in [3.8, 4) is 0 Å². The molecule has 2 fully saturated rings. The summed E-state index contributed by atoms with van der Waals surface area (Å²) in [5.41, 5.74) is 0. The summed E-state index contributed by atoms with van der Waals surface area (Å²) in [5.74, 6) is -0.412. The molecule has 4 atom stereocenters. The molecule has 2 aliphatic heterocycles. The van der Waals surface area contributed by atoms with Crippen molar-refractivity contribution in [1.82, 2.24) is 0 Å². The summed E-state index contributed by atoms with van der Waals surface area (Å²) in [6, 6.07) is 0. The molecule has 3 nitrogen and oxygen atoms in total. The van der Waals surface area contributed by atoms with Crippen LogP contribution in [-0.4, -0.2) is 29.2 Å². The fourth-order valence-corrected chi connectivity index (χ4v) is 2.15. The lowest BCUT2D eigenvalue weighted by atomic mass is 10.0. The maximum atomic E-state index is 9.41. The van der Waals surface area contributed by atoms with E-state index in [0.29, 0.717) is 0 Å². The summed E-state index contributed by atoms with van der Waals surface area (Å²) in [5, 5.41) is 9.41. The zero-order chi connectivity index (χ0) is 8.77. The molecule has 2 unspecified atom stereocenters. The lowest BCUT2D eigenvalue weighted by Crippen LogP contribution is -2.32. The average Bonchev–Trinajstić information content (AvgIpc) is 2.22. The molecule has 0 aromatic carbocycles. The smallest absolute Gasteiger partial charge is 0.166 e. The summed E-state index contributed by atoms with van der Waals surface area (Å²) in [4.78, 5) is 0. The lowest BCUT2D eigenvalue weighted by molar-refractivity contribution is -0.183. The highest BCUT2D eigenvalue weighted by atomic mass is 16.8. The highest BCUT2D eigenvalue weighted by Gasteiger charge is 2.48. The van der Waals surface area contributed by atoms with E-state index in [-0.39, 0.29) is 12.2 Å². The van der Waals surface area contributed by atoms with Gasteiger partial charge in [0.2, 0.25) is 0 Å². The number of ether oxygens (including phenoxy) is 2. The van der Waals surface area contributed by atoms with Gasteiger partial charge in [0.1, 0.15) is 6.10 Å². The van der Waals surface area contributed by atoms with E-state index in [1.54, 1.807) is 6.92 Å². The van der Waals surface area contributed by atoms with E-state index in [1.165, 1.54) is 0 Å². The van der Waals surface area contributed by atoms with E-state index in [0.717, 1.165) is 19.3 Å². The number of rotatable bonds is 1. The Morgan fingerprint density at radius 1 is 1.50 bits per heavy atom. The van der Waals surface area contributed by atoms with E-state index in [4.69, 9.17) is 9.47 Å². The topological polar surface area (TPSA) is 38.7 Å². The van der Waals surface area contributed by atoms with E-state index < -0.39 is 11.9 Å². The Kier molecular flexibility index (Phi) is 1.90. The van der Waals surface area contributed by atoms with Gasteiger partial charge in [-0.25, -0.2) is 0 Å². The highest BCUT2D eigenvalue weighted by Crippen LogP contribution is 2.40. The second-order valence-corrected chi connectivity index (χ2v) is 4.01. The van der Waals surface area contributed by atoms with Crippen molar-refractivity contribution in [2.24, 2.45) is 0 Å². The van der Waals surface area contributed by atoms with Crippen LogP contribution < -0.4 is 0 Å². The molecular formula is C9H16O3. The van der Waals surface area contributed by atoms with Crippen LogP contribution in [0, 0.1) is 0 Å². The Bertz CT molecular complexity index is 181. The Morgan fingerprint density at radius 2 is 2.25 bits per heavy atom. The van der Waals surface area contributed by atoms with Gasteiger partial charge in [0, 0.05) is 6.42 Å². The molecule has 70 valence electrons. The predicted octanol–water partition coefficient (Wildman–Crippen LogP) is 1.05. The first-order chi connectivity index (χ1) is 5.61. The molecule has 2 rings (SSSR count). The van der Waals surface area contributed by atoms with E-state index >= 15 is 0 Å². The average molecular weight is 172 g/mol. The second kappa shape index (κ2) is 2.69. The van der Waals surface area contributed by atoms with Gasteiger partial charge in [-0.2, -0.15) is 0 Å². The minimum absolute atomic E-state index is 0.113. The molecule has 0 saturated carbocycles. The second-order valence-electron chi connectivity index (χ2n) is 4.01. The van der Waals surface area contributed by atoms with Gasteiger partial charge in [-0.3, -0.25) is 0 Å². The molecule has 2 bridgehead atoms. The molecule has 2 heterocycles. The summed E-state index contributed by atoms with van der Waals surface area (Å²) < 4.78 is 11.3. The van der Waals surface area contributed by atoms with Crippen molar-refractivity contribution in [1.29, 1.82) is 0 Å². The Labute approximate surface area is 72.7 Å². The van der Waals surface area contributed by atoms with Crippen molar-refractivity contribution >= 4 is 0 Å². The first-order valence-corrected chi connectivity index (χ1v) is 4.64. The Hall–Kier alpha value is -0.120. The molecule has 0 aromatic heterocycles. The van der Waals surface area contributed by atoms with Gasteiger partial charge in [0.25, 0.3) is 0 Å². The van der Waals surface area contributed by atoms with Crippen molar-refractivity contribution in [3.05, 3.63) is 0 Å². The molecule has 2 aliphatic rings. The highest BCUT2D eigenvalue weighted by molar-refractivity contribution is 4.90. The summed E-state index contributed by atoms with van der Waals surface area (Å²) in [7, 11) is 0. The third-order valence-corrected chi connectivity index (χ3v) is 2.75. The lowest BCUT2D eigenvalue weighted by Gasteiger charge is -2.26. The van der Waals surface area contributed by atoms with Crippen molar-refractivity contribution < 1.29 is 14.6 Å². The molecule has 1 N–H and O–H groups in total. The third kappa shape index (κ3) is 1.26. The van der Waals surface area contributed by atoms with Gasteiger partial charge in [0.15, 0.2) is 5.79 Å². The SMILES string of the molecule is C[C@H](O)[C@H]1OC2(C)CCCC1O2. The minimum Gasteiger partial charge on any atom is -0.391 e. The molecule has 3 heteroatoms. The number of aliphatic hydroxyl groups excluding tert-OH is 1. The van der Waals surface area contributed by atoms with Crippen LogP contribution in [0.1, 0.15) is 33.1 Å². The molecule has 2 saturated heterocycles. The molecule has 0 aliphatic carbocycles. The van der Waals surface area contributed by atoms with Gasteiger partial charge >= 0.3 is 0 Å². The van der Waals surface area contributed by atoms with Gasteiger partial charge in [-0.15, -0.1) is 0 Å². The maximum absolute atomic E-state index is 9.41. The first-order valence-electron chi connectivity index (χ1n) is 4.64. The van der Waals surface area contributed by atoms with Crippen molar-refractivity contribution in [2.45, 2.75) is 57.2 Å². The molecule has 0 aromatic rings. The molecule has 0 spiro atoms. The summed E-state index contributed by atoms with van der Waals surface area (Å²) >= 11 is 0. The zero-order valence-electron chi connectivity index (χ0n) is 7.62. The first kappa shape index (κ1) is 8.48. The van der Waals surface area contributed by atoms with Crippen LogP contribution in [0.15, 0.2) is 0 Å². The predicted molar refractivity (Wildman–Crippen MR) is 43.7 cm³/mol. The maximum Gasteiger partial charge on any atom is 0.166 e. The molecule has 0 amide bonds. The number of hydrogen-bond donors (Lipinski definition) is 1. The van der Waals surface area contributed by atoms with Crippen LogP contribution in [-0.2, 0) is 9.47 Å². The monoisotopic (exact) mass is 172 g/mol. The van der Waals surface area contributed by atoms with E-state index in [2.05, 4.69) is 0 Å². The number of fused-ring (bicyclic) bond motifs is 2. The largest absolute Gasteiger partial charge is 0.391 e. The summed E-state index contributed by atoms with van der Waals surface area (Å²) in [6.45, 7) is 3.72. The van der Waals surface area contributed by atoms with E-state index in [9.17, 15) is 5.11 Å². The Balaban J connectivity index is 2.12. The summed E-state index contributed by atoms with van der Waals surface area (Å²) in [6.07, 6.45) is 2.69. The number of hydrogen-bond acceptors (Lipinski definition) is 3. The van der Waals surface area contributed by atoms with Gasteiger partial charge in [0.05, 0.1) is 12.2 Å². The van der Waals surface area contributed by atoms with Gasteiger partial charge in [-0.1, -0.05) is 0 Å². The van der Waals surface area contributed by atoms with Gasteiger partial charge < -0.3 is 14.6 Å². The van der Waals surface area contributed by atoms with Crippen molar-refractivity contribution in [2.75, 3.05) is 0 Å². The van der Waals surface area contributed by atoms with E-state index in [1.807, 2.05) is 6.92 Å². The molecule has 0 radical (unpaired) electrons. The normalized spacial score (nSPS) is 49.2. The van der Waals surface area contributed by atoms with Crippen molar-refractivity contribution in [3.63, 3.8) is 0 Å². The minimum atomic E-state index is -0.421. The van der Waals surface area contributed by atoms with Crippen LogP contribution in [0.4, 0.5) is 0 Å². The molecule has 12 heavy (non-hydrogen) atoms. The standard InChI is InChI=1S/C9H16O3/c1-6(10)8-7-4-3-5-9(2,11-7)12-8/h6-8,10H,3-5H2,1-2H3/t6-,7?,8+,9?/m0/s1. The quantitative estimate of drug-likeness (QED) is 0.642. The number of aliphatic hydroxyl groups is 1. The van der Waals surface area contributed by atoms with Crippen LogP contribution >= 0.6 is 0 Å². The fraction of sp³-hybridized carbons (Fsp3) is 1.00. The van der Waals surface area contributed by atoms with Crippen LogP contribution in [0.5, 0.6) is 0 Å². The van der Waals surface area contributed by atoms with Crippen LogP contribution in [0.25, 0.3) is 0 Å². The molecular weight excluding hydrogens is 156 g/mol. The Morgan fingerprint density at radius 3 is 2.83 bits per heavy atom. The zero-order valence-corrected chi connectivity index (χ0v) is 7.62. The van der Waals surface area contributed by atoms with Gasteiger partial charge in [-0.05, 0) is 26.7 Å². The van der Waals surface area contributed by atoms with Crippen LogP contribution in [0.2, 0.25) is 0 Å². The third-order valence-electron chi connectivity index (χ3n) is 2.75. The fourth-order valence-electron chi connectivity index (χ4n) is 2.15. The van der Waals surface area contributed by atoms with Crippen LogP contribution in [0.3, 0.4) is 0 Å².